The van der Waals surface area contributed by atoms with Gasteiger partial charge in [0.15, 0.2) is 0 Å². The molecule has 142 valence electrons. The molecule has 1 aromatic carbocycles. The number of fused-ring (bicyclic) bond motifs is 1. The summed E-state index contributed by atoms with van der Waals surface area (Å²) >= 11 is 0. The molecule has 2 aliphatic heterocycles. The van der Waals surface area contributed by atoms with Crippen molar-refractivity contribution in [2.45, 2.75) is 38.3 Å². The molecule has 2 N–H and O–H groups in total. The summed E-state index contributed by atoms with van der Waals surface area (Å²) in [7, 11) is 0. The molecular formula is C18H24N2O6. The molecule has 1 aromatic rings. The maximum Gasteiger partial charge on any atom is 0.407 e. The minimum Gasteiger partial charge on any atom is -0.494 e. The van der Waals surface area contributed by atoms with Gasteiger partial charge in [-0.15, -0.1) is 0 Å². The molecule has 0 spiro atoms. The first-order valence-electron chi connectivity index (χ1n) is 8.67. The van der Waals surface area contributed by atoms with Gasteiger partial charge >= 0.3 is 12.2 Å². The van der Waals surface area contributed by atoms with Crippen LogP contribution in [0.2, 0.25) is 0 Å². The molecule has 1 atom stereocenters. The highest BCUT2D eigenvalue weighted by Gasteiger charge is 2.32. The molecule has 0 aliphatic carbocycles. The number of carbonyl (C=O) groups is 2. The van der Waals surface area contributed by atoms with Gasteiger partial charge in [0.1, 0.15) is 17.1 Å². The number of nitrogens with zero attached hydrogens (tertiary/aromatic N) is 2. The molecule has 0 bridgehead atoms. The first kappa shape index (κ1) is 18.2. The van der Waals surface area contributed by atoms with Gasteiger partial charge in [-0.2, -0.15) is 0 Å². The van der Waals surface area contributed by atoms with Crippen molar-refractivity contribution in [1.29, 1.82) is 0 Å². The zero-order valence-corrected chi connectivity index (χ0v) is 15.0. The minimum absolute atomic E-state index is 0.164. The van der Waals surface area contributed by atoms with Gasteiger partial charge in [-0.1, -0.05) is 0 Å². The van der Waals surface area contributed by atoms with Crippen molar-refractivity contribution in [2.24, 2.45) is 0 Å². The Morgan fingerprint density at radius 3 is 2.73 bits per heavy atom. The Hall–Kier alpha value is -2.64. The quantitative estimate of drug-likeness (QED) is 0.852. The predicted molar refractivity (Wildman–Crippen MR) is 93.1 cm³/mol. The summed E-state index contributed by atoms with van der Waals surface area (Å²) in [6.07, 6.45) is -0.823. The average molecular weight is 364 g/mol. The lowest BCUT2D eigenvalue weighted by molar-refractivity contribution is 0.0562. The molecule has 1 fully saturated rings. The van der Waals surface area contributed by atoms with Crippen molar-refractivity contribution >= 4 is 12.2 Å². The van der Waals surface area contributed by atoms with E-state index in [1.807, 2.05) is 32.0 Å². The number of hydrogen-bond donors (Lipinski definition) is 2. The van der Waals surface area contributed by atoms with Crippen LogP contribution in [0.1, 0.15) is 25.8 Å². The van der Waals surface area contributed by atoms with E-state index in [0.29, 0.717) is 18.8 Å². The Bertz CT molecular complexity index is 705. The fourth-order valence-electron chi connectivity index (χ4n) is 3.52. The Morgan fingerprint density at radius 1 is 1.27 bits per heavy atom. The van der Waals surface area contributed by atoms with Crippen molar-refractivity contribution in [2.75, 3.05) is 26.2 Å². The standard InChI is InChI=1S/C18H24N2O6/c1-18(2)10-12-9-14(3-4-15(12)26-18)25-8-5-13-11-19(16(21)22)6-7-20(13)17(23)24/h3-4,9,13H,5-8,10-11H2,1-2H3,(H,21,22)(H,23,24)/t13-/m1/s1. The normalized spacial score (nSPS) is 21.1. The molecule has 8 nitrogen and oxygen atoms in total. The van der Waals surface area contributed by atoms with E-state index in [1.165, 1.54) is 9.80 Å². The molecule has 1 saturated heterocycles. The van der Waals surface area contributed by atoms with E-state index in [9.17, 15) is 14.7 Å². The topological polar surface area (TPSA) is 99.5 Å². The summed E-state index contributed by atoms with van der Waals surface area (Å²) in [6, 6.07) is 5.26. The second-order valence-corrected chi connectivity index (χ2v) is 7.30. The van der Waals surface area contributed by atoms with E-state index in [1.54, 1.807) is 0 Å². The van der Waals surface area contributed by atoms with Gasteiger partial charge in [-0.3, -0.25) is 0 Å². The summed E-state index contributed by atoms with van der Waals surface area (Å²) < 4.78 is 11.6. The number of rotatable bonds is 4. The molecule has 3 rings (SSSR count). The molecule has 0 unspecified atom stereocenters. The van der Waals surface area contributed by atoms with Crippen LogP contribution in [0.25, 0.3) is 0 Å². The van der Waals surface area contributed by atoms with Gasteiger partial charge in [0.05, 0.1) is 12.6 Å². The highest BCUT2D eigenvalue weighted by atomic mass is 16.5. The summed E-state index contributed by atoms with van der Waals surface area (Å²) in [5.41, 5.74) is 0.875. The van der Waals surface area contributed by atoms with Crippen molar-refractivity contribution in [1.82, 2.24) is 9.80 Å². The van der Waals surface area contributed by atoms with Crippen LogP contribution in [0.15, 0.2) is 18.2 Å². The fraction of sp³-hybridized carbons (Fsp3) is 0.556. The lowest BCUT2D eigenvalue weighted by atomic mass is 10.0. The number of carboxylic acid groups (broad SMARTS) is 2. The molecule has 26 heavy (non-hydrogen) atoms. The molecule has 2 amide bonds. The maximum atomic E-state index is 11.4. The van der Waals surface area contributed by atoms with Crippen molar-refractivity contribution in [3.05, 3.63) is 23.8 Å². The first-order chi connectivity index (χ1) is 12.2. The van der Waals surface area contributed by atoms with Gasteiger partial charge in [-0.25, -0.2) is 9.59 Å². The molecule has 0 saturated carbocycles. The zero-order valence-electron chi connectivity index (χ0n) is 15.0. The van der Waals surface area contributed by atoms with Crippen LogP contribution in [0, 0.1) is 0 Å². The minimum atomic E-state index is -1.03. The van der Waals surface area contributed by atoms with Gasteiger partial charge in [0.2, 0.25) is 0 Å². The lowest BCUT2D eigenvalue weighted by Crippen LogP contribution is -2.56. The van der Waals surface area contributed by atoms with Crippen LogP contribution < -0.4 is 9.47 Å². The third kappa shape index (κ3) is 3.95. The van der Waals surface area contributed by atoms with E-state index >= 15 is 0 Å². The van der Waals surface area contributed by atoms with Gasteiger partial charge < -0.3 is 29.5 Å². The van der Waals surface area contributed by atoms with Crippen molar-refractivity contribution < 1.29 is 29.3 Å². The highest BCUT2D eigenvalue weighted by molar-refractivity contribution is 5.68. The number of hydrogen-bond acceptors (Lipinski definition) is 4. The lowest BCUT2D eigenvalue weighted by Gasteiger charge is -2.38. The van der Waals surface area contributed by atoms with Crippen LogP contribution in [-0.2, 0) is 6.42 Å². The zero-order chi connectivity index (χ0) is 18.9. The SMILES string of the molecule is CC1(C)Cc2cc(OCC[C@@H]3CN(C(=O)O)CCN3C(=O)O)ccc2O1. The number of amides is 2. The third-order valence-electron chi connectivity index (χ3n) is 4.75. The summed E-state index contributed by atoms with van der Waals surface area (Å²) in [6.45, 7) is 4.91. The van der Waals surface area contributed by atoms with Crippen LogP contribution in [0.5, 0.6) is 11.5 Å². The molecule has 2 aliphatic rings. The number of benzene rings is 1. The van der Waals surface area contributed by atoms with E-state index in [-0.39, 0.29) is 25.2 Å². The number of ether oxygens (including phenoxy) is 2. The smallest absolute Gasteiger partial charge is 0.407 e. The van der Waals surface area contributed by atoms with Crippen LogP contribution >= 0.6 is 0 Å². The second kappa shape index (κ2) is 6.93. The number of piperazine rings is 1. The highest BCUT2D eigenvalue weighted by Crippen LogP contribution is 2.36. The molecular weight excluding hydrogens is 340 g/mol. The third-order valence-corrected chi connectivity index (χ3v) is 4.75. The summed E-state index contributed by atoms with van der Waals surface area (Å²) in [4.78, 5) is 25.1. The van der Waals surface area contributed by atoms with Gasteiger partial charge in [0.25, 0.3) is 0 Å². The largest absolute Gasteiger partial charge is 0.494 e. The van der Waals surface area contributed by atoms with E-state index in [0.717, 1.165) is 17.7 Å². The average Bonchev–Trinajstić information content (AvgIpc) is 2.87. The van der Waals surface area contributed by atoms with E-state index in [4.69, 9.17) is 14.6 Å². The Kier molecular flexibility index (Phi) is 4.84. The van der Waals surface area contributed by atoms with Crippen LogP contribution in [0.3, 0.4) is 0 Å². The predicted octanol–water partition coefficient (Wildman–Crippen LogP) is 2.51. The maximum absolute atomic E-state index is 11.4. The molecule has 0 aromatic heterocycles. The van der Waals surface area contributed by atoms with Crippen LogP contribution in [-0.4, -0.2) is 70.1 Å². The van der Waals surface area contributed by atoms with Gasteiger partial charge in [-0.05, 0) is 32.0 Å². The Morgan fingerprint density at radius 2 is 2.04 bits per heavy atom. The molecule has 8 heteroatoms. The Balaban J connectivity index is 1.58. The van der Waals surface area contributed by atoms with Gasteiger partial charge in [0, 0.05) is 38.0 Å². The Labute approximate surface area is 151 Å². The van der Waals surface area contributed by atoms with Crippen molar-refractivity contribution in [3.8, 4) is 11.5 Å². The monoisotopic (exact) mass is 364 g/mol. The van der Waals surface area contributed by atoms with Crippen molar-refractivity contribution in [3.63, 3.8) is 0 Å². The molecule has 2 heterocycles. The summed E-state index contributed by atoms with van der Waals surface area (Å²) in [5.74, 6) is 1.57. The van der Waals surface area contributed by atoms with Crippen LogP contribution in [0.4, 0.5) is 9.59 Å². The summed E-state index contributed by atoms with van der Waals surface area (Å²) in [5, 5.41) is 18.4. The first-order valence-corrected chi connectivity index (χ1v) is 8.67. The molecule has 0 radical (unpaired) electrons. The van der Waals surface area contributed by atoms with E-state index in [2.05, 4.69) is 0 Å². The second-order valence-electron chi connectivity index (χ2n) is 7.30. The van der Waals surface area contributed by atoms with E-state index < -0.39 is 18.2 Å². The fourth-order valence-corrected chi connectivity index (χ4v) is 3.52.